The number of ether oxygens (including phenoxy) is 1. The molecule has 0 spiro atoms. The molecule has 7 heteroatoms. The van der Waals surface area contributed by atoms with Gasteiger partial charge < -0.3 is 10.1 Å². The molecule has 0 amide bonds. The summed E-state index contributed by atoms with van der Waals surface area (Å²) in [6.45, 7) is 8.30. The van der Waals surface area contributed by atoms with Gasteiger partial charge in [-0.15, -0.1) is 0 Å². The first kappa shape index (κ1) is 17.2. The minimum absolute atomic E-state index is 0.0688. The SMILES string of the molecule is CC(C)[C@@H](CNc1ccc([N+](=O)[O-])cc1C#N)N1CCOCC1. The van der Waals surface area contributed by atoms with Crippen molar-refractivity contribution in [3.8, 4) is 6.07 Å². The summed E-state index contributed by atoms with van der Waals surface area (Å²) in [7, 11) is 0. The first-order chi connectivity index (χ1) is 11.0. The predicted molar refractivity (Wildman–Crippen MR) is 87.3 cm³/mol. The molecule has 1 aromatic rings. The van der Waals surface area contributed by atoms with Gasteiger partial charge in [0.2, 0.25) is 0 Å². The molecule has 0 radical (unpaired) electrons. The predicted octanol–water partition coefficient (Wildman–Crippen LogP) is 2.24. The average molecular weight is 318 g/mol. The molecule has 0 bridgehead atoms. The fraction of sp³-hybridized carbons (Fsp3) is 0.562. The quantitative estimate of drug-likeness (QED) is 0.639. The number of anilines is 1. The van der Waals surface area contributed by atoms with E-state index < -0.39 is 4.92 Å². The topological polar surface area (TPSA) is 91.4 Å². The van der Waals surface area contributed by atoms with Crippen LogP contribution in [-0.2, 0) is 4.74 Å². The molecule has 1 aliphatic rings. The second kappa shape index (κ2) is 7.90. The van der Waals surface area contributed by atoms with Crippen LogP contribution >= 0.6 is 0 Å². The first-order valence-corrected chi connectivity index (χ1v) is 7.77. The second-order valence-electron chi connectivity index (χ2n) is 5.94. The lowest BCUT2D eigenvalue weighted by Crippen LogP contribution is -2.49. The van der Waals surface area contributed by atoms with E-state index in [1.807, 2.05) is 6.07 Å². The van der Waals surface area contributed by atoms with E-state index in [1.54, 1.807) is 6.07 Å². The number of nitrogens with one attached hydrogen (secondary N) is 1. The van der Waals surface area contributed by atoms with Crippen LogP contribution in [0.3, 0.4) is 0 Å². The van der Waals surface area contributed by atoms with Crippen LogP contribution in [0, 0.1) is 27.4 Å². The lowest BCUT2D eigenvalue weighted by molar-refractivity contribution is -0.384. The molecule has 1 fully saturated rings. The van der Waals surface area contributed by atoms with E-state index in [4.69, 9.17) is 4.74 Å². The molecule has 124 valence electrons. The minimum Gasteiger partial charge on any atom is -0.382 e. The third kappa shape index (κ3) is 4.41. The Hall–Kier alpha value is -2.17. The van der Waals surface area contributed by atoms with E-state index in [2.05, 4.69) is 24.1 Å². The highest BCUT2D eigenvalue weighted by molar-refractivity contribution is 5.61. The Morgan fingerprint density at radius 2 is 2.13 bits per heavy atom. The summed E-state index contributed by atoms with van der Waals surface area (Å²) in [6.07, 6.45) is 0. The minimum atomic E-state index is -0.491. The number of hydrogen-bond acceptors (Lipinski definition) is 6. The Bertz CT molecular complexity index is 591. The second-order valence-corrected chi connectivity index (χ2v) is 5.94. The first-order valence-electron chi connectivity index (χ1n) is 7.77. The lowest BCUT2D eigenvalue weighted by atomic mass is 10.0. The van der Waals surface area contributed by atoms with Crippen molar-refractivity contribution in [2.45, 2.75) is 19.9 Å². The van der Waals surface area contributed by atoms with Crippen molar-refractivity contribution in [2.24, 2.45) is 5.92 Å². The summed E-state index contributed by atoms with van der Waals surface area (Å²) in [5, 5.41) is 23.3. The summed E-state index contributed by atoms with van der Waals surface area (Å²) in [5.74, 6) is 0.448. The number of nitro groups is 1. The van der Waals surface area contributed by atoms with Gasteiger partial charge in [0, 0.05) is 37.8 Å². The molecule has 0 aromatic heterocycles. The highest BCUT2D eigenvalue weighted by Crippen LogP contribution is 2.22. The van der Waals surface area contributed by atoms with E-state index in [0.29, 0.717) is 29.8 Å². The molecular weight excluding hydrogens is 296 g/mol. The summed E-state index contributed by atoms with van der Waals surface area (Å²) in [6, 6.07) is 6.67. The summed E-state index contributed by atoms with van der Waals surface area (Å²) >= 11 is 0. The van der Waals surface area contributed by atoms with Gasteiger partial charge in [0.25, 0.3) is 5.69 Å². The number of nitriles is 1. The van der Waals surface area contributed by atoms with E-state index in [-0.39, 0.29) is 5.69 Å². The van der Waals surface area contributed by atoms with Gasteiger partial charge in [0.1, 0.15) is 6.07 Å². The van der Waals surface area contributed by atoms with E-state index >= 15 is 0 Å². The highest BCUT2D eigenvalue weighted by Gasteiger charge is 2.24. The Labute approximate surface area is 136 Å². The molecule has 7 nitrogen and oxygen atoms in total. The molecule has 1 N–H and O–H groups in total. The molecule has 1 saturated heterocycles. The molecule has 0 unspecified atom stereocenters. The van der Waals surface area contributed by atoms with Crippen molar-refractivity contribution in [1.82, 2.24) is 4.90 Å². The van der Waals surface area contributed by atoms with Crippen LogP contribution in [0.2, 0.25) is 0 Å². The molecular formula is C16H22N4O3. The molecule has 0 saturated carbocycles. The van der Waals surface area contributed by atoms with Crippen LogP contribution < -0.4 is 5.32 Å². The van der Waals surface area contributed by atoms with E-state index in [9.17, 15) is 15.4 Å². The van der Waals surface area contributed by atoms with Crippen molar-refractivity contribution in [1.29, 1.82) is 5.26 Å². The van der Waals surface area contributed by atoms with Crippen LogP contribution in [0.1, 0.15) is 19.4 Å². The van der Waals surface area contributed by atoms with Gasteiger partial charge in [-0.2, -0.15) is 5.26 Å². The maximum Gasteiger partial charge on any atom is 0.270 e. The van der Waals surface area contributed by atoms with Gasteiger partial charge in [-0.25, -0.2) is 0 Å². The zero-order valence-corrected chi connectivity index (χ0v) is 13.5. The maximum atomic E-state index is 10.8. The van der Waals surface area contributed by atoms with Crippen molar-refractivity contribution in [3.63, 3.8) is 0 Å². The Balaban J connectivity index is 2.08. The van der Waals surface area contributed by atoms with Crippen molar-refractivity contribution in [2.75, 3.05) is 38.2 Å². The summed E-state index contributed by atoms with van der Waals surface area (Å²) in [5.41, 5.74) is 0.862. The van der Waals surface area contributed by atoms with Crippen molar-refractivity contribution < 1.29 is 9.66 Å². The van der Waals surface area contributed by atoms with Crippen molar-refractivity contribution in [3.05, 3.63) is 33.9 Å². The third-order valence-corrected chi connectivity index (χ3v) is 4.12. The number of rotatable bonds is 6. The Morgan fingerprint density at radius 3 is 2.70 bits per heavy atom. The summed E-state index contributed by atoms with van der Waals surface area (Å²) < 4.78 is 5.40. The van der Waals surface area contributed by atoms with Crippen LogP contribution in [0.25, 0.3) is 0 Å². The Morgan fingerprint density at radius 1 is 1.43 bits per heavy atom. The largest absolute Gasteiger partial charge is 0.382 e. The number of non-ortho nitro benzene ring substituents is 1. The van der Waals surface area contributed by atoms with Crippen LogP contribution in [0.5, 0.6) is 0 Å². The third-order valence-electron chi connectivity index (χ3n) is 4.12. The number of nitrogens with zero attached hydrogens (tertiary/aromatic N) is 3. The smallest absolute Gasteiger partial charge is 0.270 e. The molecule has 1 aromatic carbocycles. The number of morpholine rings is 1. The Kier molecular flexibility index (Phi) is 5.90. The number of benzene rings is 1. The molecule has 1 aliphatic heterocycles. The standard InChI is InChI=1S/C16H22N4O3/c1-12(2)16(19-5-7-23-8-6-19)11-18-15-4-3-14(20(21)22)9-13(15)10-17/h3-4,9,12,16,18H,5-8,11H2,1-2H3/t16-/m1/s1. The monoisotopic (exact) mass is 318 g/mol. The van der Waals surface area contributed by atoms with Gasteiger partial charge in [0.05, 0.1) is 29.4 Å². The van der Waals surface area contributed by atoms with Gasteiger partial charge >= 0.3 is 0 Å². The maximum absolute atomic E-state index is 10.8. The molecule has 1 atom stereocenters. The van der Waals surface area contributed by atoms with Crippen molar-refractivity contribution >= 4 is 11.4 Å². The van der Waals surface area contributed by atoms with Gasteiger partial charge in [-0.1, -0.05) is 13.8 Å². The fourth-order valence-electron chi connectivity index (χ4n) is 2.80. The zero-order chi connectivity index (χ0) is 16.8. The van der Waals surface area contributed by atoms with Crippen LogP contribution in [-0.4, -0.2) is 48.7 Å². The zero-order valence-electron chi connectivity index (χ0n) is 13.5. The normalized spacial score (nSPS) is 16.8. The van der Waals surface area contributed by atoms with Crippen LogP contribution in [0.15, 0.2) is 18.2 Å². The van der Waals surface area contributed by atoms with Gasteiger partial charge in [-0.05, 0) is 12.0 Å². The van der Waals surface area contributed by atoms with E-state index in [0.717, 1.165) is 26.3 Å². The lowest BCUT2D eigenvalue weighted by Gasteiger charge is -2.37. The number of hydrogen-bond donors (Lipinski definition) is 1. The van der Waals surface area contributed by atoms with Gasteiger partial charge in [0.15, 0.2) is 0 Å². The molecule has 1 heterocycles. The number of nitro benzene ring substituents is 1. The summed E-state index contributed by atoms with van der Waals surface area (Å²) in [4.78, 5) is 12.7. The molecule has 23 heavy (non-hydrogen) atoms. The molecule has 0 aliphatic carbocycles. The molecule has 2 rings (SSSR count). The van der Waals surface area contributed by atoms with Gasteiger partial charge in [-0.3, -0.25) is 15.0 Å². The van der Waals surface area contributed by atoms with Crippen LogP contribution in [0.4, 0.5) is 11.4 Å². The highest BCUT2D eigenvalue weighted by atomic mass is 16.6. The van der Waals surface area contributed by atoms with E-state index in [1.165, 1.54) is 12.1 Å². The average Bonchev–Trinajstić information content (AvgIpc) is 2.55. The fourth-order valence-corrected chi connectivity index (χ4v) is 2.80.